The van der Waals surface area contributed by atoms with E-state index in [1.165, 1.54) is 11.3 Å². The molecule has 1 aromatic heterocycles. The van der Waals surface area contributed by atoms with Crippen molar-refractivity contribution < 1.29 is 13.2 Å². The predicted octanol–water partition coefficient (Wildman–Crippen LogP) is 1.70. The Morgan fingerprint density at radius 2 is 2.35 bits per heavy atom. The van der Waals surface area contributed by atoms with Crippen molar-refractivity contribution in [1.29, 1.82) is 0 Å². The van der Waals surface area contributed by atoms with Gasteiger partial charge in [0.05, 0.1) is 11.0 Å². The van der Waals surface area contributed by atoms with E-state index in [4.69, 9.17) is 4.74 Å². The molecule has 1 unspecified atom stereocenters. The molecule has 2 heterocycles. The Morgan fingerprint density at radius 3 is 3.05 bits per heavy atom. The molecular weight excluding hydrogens is 296 g/mol. The molecule has 1 saturated heterocycles. The van der Waals surface area contributed by atoms with Crippen molar-refractivity contribution in [3.05, 3.63) is 16.3 Å². The van der Waals surface area contributed by atoms with Gasteiger partial charge in [-0.2, -0.15) is 0 Å². The van der Waals surface area contributed by atoms with Gasteiger partial charge in [-0.1, -0.05) is 6.92 Å². The summed E-state index contributed by atoms with van der Waals surface area (Å²) in [6.07, 6.45) is 2.99. The van der Waals surface area contributed by atoms with Crippen LogP contribution in [0.15, 0.2) is 16.3 Å². The van der Waals surface area contributed by atoms with Gasteiger partial charge in [0, 0.05) is 24.6 Å². The van der Waals surface area contributed by atoms with Gasteiger partial charge in [0.1, 0.15) is 0 Å². The van der Waals surface area contributed by atoms with Gasteiger partial charge in [0.25, 0.3) is 0 Å². The lowest BCUT2D eigenvalue weighted by atomic mass is 10.2. The molecule has 5 nitrogen and oxygen atoms in total. The molecule has 0 aliphatic carbocycles. The summed E-state index contributed by atoms with van der Waals surface area (Å²) in [4.78, 5) is 1.25. The Kier molecular flexibility index (Phi) is 5.98. The van der Waals surface area contributed by atoms with Crippen LogP contribution in [-0.4, -0.2) is 34.2 Å². The monoisotopic (exact) mass is 318 g/mol. The van der Waals surface area contributed by atoms with E-state index in [9.17, 15) is 8.42 Å². The van der Waals surface area contributed by atoms with Gasteiger partial charge in [-0.25, -0.2) is 13.1 Å². The van der Waals surface area contributed by atoms with Crippen LogP contribution in [-0.2, 0) is 21.3 Å². The van der Waals surface area contributed by atoms with Crippen LogP contribution in [0.25, 0.3) is 0 Å². The normalized spacial score (nSPS) is 19.6. The van der Waals surface area contributed by atoms with Crippen LogP contribution in [0.3, 0.4) is 0 Å². The van der Waals surface area contributed by atoms with Crippen molar-refractivity contribution in [2.75, 3.05) is 19.7 Å². The van der Waals surface area contributed by atoms with Crippen molar-refractivity contribution >= 4 is 21.4 Å². The quantitative estimate of drug-likeness (QED) is 0.716. The zero-order valence-corrected chi connectivity index (χ0v) is 13.4. The highest BCUT2D eigenvalue weighted by molar-refractivity contribution is 7.89. The van der Waals surface area contributed by atoms with Crippen molar-refractivity contribution in [3.63, 3.8) is 0 Å². The fourth-order valence-corrected chi connectivity index (χ4v) is 4.64. The van der Waals surface area contributed by atoms with Crippen molar-refractivity contribution in [3.8, 4) is 0 Å². The molecule has 0 bridgehead atoms. The summed E-state index contributed by atoms with van der Waals surface area (Å²) in [7, 11) is -3.43. The first kappa shape index (κ1) is 15.9. The third-order valence-electron chi connectivity index (χ3n) is 3.23. The van der Waals surface area contributed by atoms with E-state index in [0.29, 0.717) is 18.0 Å². The van der Waals surface area contributed by atoms with Gasteiger partial charge < -0.3 is 10.1 Å². The molecular formula is C13H22N2O3S2. The van der Waals surface area contributed by atoms with E-state index < -0.39 is 10.0 Å². The summed E-state index contributed by atoms with van der Waals surface area (Å²) in [5.74, 6) is 0. The van der Waals surface area contributed by atoms with Crippen LogP contribution in [0.1, 0.15) is 31.1 Å². The molecule has 0 radical (unpaired) electrons. The van der Waals surface area contributed by atoms with Crippen LogP contribution in [0.5, 0.6) is 0 Å². The van der Waals surface area contributed by atoms with Crippen molar-refractivity contribution in [1.82, 2.24) is 10.0 Å². The first-order chi connectivity index (χ1) is 9.63. The van der Waals surface area contributed by atoms with Crippen molar-refractivity contribution in [2.45, 2.75) is 43.7 Å². The van der Waals surface area contributed by atoms with E-state index >= 15 is 0 Å². The lowest BCUT2D eigenvalue weighted by Crippen LogP contribution is -2.32. The van der Waals surface area contributed by atoms with E-state index in [2.05, 4.69) is 17.0 Å². The minimum absolute atomic E-state index is 0.0186. The molecule has 1 aromatic rings. The standard InChI is InChI=1S/C13H22N2O3S2/c1-2-6-14-10-12-13(5-8-19-12)20(16,17)15-9-11-4-3-7-18-11/h5,8,11,14-15H,2-4,6-7,9-10H2,1H3. The second-order valence-electron chi connectivity index (χ2n) is 4.87. The van der Waals surface area contributed by atoms with Crippen LogP contribution >= 0.6 is 11.3 Å². The number of hydrogen-bond acceptors (Lipinski definition) is 5. The highest BCUT2D eigenvalue weighted by Gasteiger charge is 2.22. The topological polar surface area (TPSA) is 67.4 Å². The van der Waals surface area contributed by atoms with Crippen LogP contribution in [0.2, 0.25) is 0 Å². The van der Waals surface area contributed by atoms with E-state index in [0.717, 1.165) is 37.3 Å². The highest BCUT2D eigenvalue weighted by Crippen LogP contribution is 2.22. The molecule has 1 aliphatic rings. The number of rotatable bonds is 8. The number of ether oxygens (including phenoxy) is 1. The zero-order valence-electron chi connectivity index (χ0n) is 11.7. The molecule has 1 aliphatic heterocycles. The molecule has 0 saturated carbocycles. The second-order valence-corrected chi connectivity index (χ2v) is 7.61. The maximum atomic E-state index is 12.3. The first-order valence-electron chi connectivity index (χ1n) is 7.02. The summed E-state index contributed by atoms with van der Waals surface area (Å²) in [5.41, 5.74) is 0. The molecule has 1 fully saturated rings. The average molecular weight is 318 g/mol. The minimum atomic E-state index is -3.43. The Balaban J connectivity index is 1.95. The van der Waals surface area contributed by atoms with Gasteiger partial charge in [0.15, 0.2) is 0 Å². The molecule has 0 amide bonds. The summed E-state index contributed by atoms with van der Waals surface area (Å²) in [5, 5.41) is 5.06. The number of hydrogen-bond donors (Lipinski definition) is 2. The molecule has 2 N–H and O–H groups in total. The number of sulfonamides is 1. The van der Waals surface area contributed by atoms with Crippen LogP contribution in [0.4, 0.5) is 0 Å². The Morgan fingerprint density at radius 1 is 1.50 bits per heavy atom. The van der Waals surface area contributed by atoms with Gasteiger partial charge in [-0.3, -0.25) is 0 Å². The lowest BCUT2D eigenvalue weighted by molar-refractivity contribution is 0.114. The average Bonchev–Trinajstić information content (AvgIpc) is 3.08. The van der Waals surface area contributed by atoms with Crippen LogP contribution in [0, 0.1) is 0 Å². The Bertz CT molecular complexity index is 507. The summed E-state index contributed by atoms with van der Waals surface area (Å²) in [6, 6.07) is 1.67. The molecule has 1 atom stereocenters. The summed E-state index contributed by atoms with van der Waals surface area (Å²) >= 11 is 1.47. The van der Waals surface area contributed by atoms with Gasteiger partial charge in [0.2, 0.25) is 10.0 Å². The third kappa shape index (κ3) is 4.26. The molecule has 2 rings (SSSR count). The molecule has 114 valence electrons. The lowest BCUT2D eigenvalue weighted by Gasteiger charge is -2.12. The molecule has 20 heavy (non-hydrogen) atoms. The van der Waals surface area contributed by atoms with Gasteiger partial charge >= 0.3 is 0 Å². The van der Waals surface area contributed by atoms with E-state index in [-0.39, 0.29) is 6.10 Å². The maximum Gasteiger partial charge on any atom is 0.241 e. The fourth-order valence-electron chi connectivity index (χ4n) is 2.16. The van der Waals surface area contributed by atoms with E-state index in [1.54, 1.807) is 6.07 Å². The second kappa shape index (κ2) is 7.51. The Hall–Kier alpha value is -0.470. The predicted molar refractivity (Wildman–Crippen MR) is 80.5 cm³/mol. The highest BCUT2D eigenvalue weighted by atomic mass is 32.2. The zero-order chi connectivity index (χ0) is 14.4. The fraction of sp³-hybridized carbons (Fsp3) is 0.692. The van der Waals surface area contributed by atoms with Gasteiger partial charge in [-0.05, 0) is 37.3 Å². The molecule has 0 aromatic carbocycles. The minimum Gasteiger partial charge on any atom is -0.377 e. The van der Waals surface area contributed by atoms with E-state index in [1.807, 2.05) is 5.38 Å². The molecule has 7 heteroatoms. The number of thiophene rings is 1. The van der Waals surface area contributed by atoms with Crippen molar-refractivity contribution in [2.24, 2.45) is 0 Å². The smallest absolute Gasteiger partial charge is 0.241 e. The number of nitrogens with one attached hydrogen (secondary N) is 2. The molecule has 0 spiro atoms. The van der Waals surface area contributed by atoms with Crippen LogP contribution < -0.4 is 10.0 Å². The summed E-state index contributed by atoms with van der Waals surface area (Å²) in [6.45, 7) is 4.67. The maximum absolute atomic E-state index is 12.3. The summed E-state index contributed by atoms with van der Waals surface area (Å²) < 4.78 is 32.7. The largest absolute Gasteiger partial charge is 0.377 e. The SMILES string of the molecule is CCCNCc1sccc1S(=O)(=O)NCC1CCCO1. The Labute approximate surface area is 124 Å². The first-order valence-corrected chi connectivity index (χ1v) is 9.38. The third-order valence-corrected chi connectivity index (χ3v) is 5.79. The van der Waals surface area contributed by atoms with Gasteiger partial charge in [-0.15, -0.1) is 11.3 Å².